The van der Waals surface area contributed by atoms with Gasteiger partial charge in [0.1, 0.15) is 0 Å². The van der Waals surface area contributed by atoms with Crippen LogP contribution < -0.4 is 0 Å². The first kappa shape index (κ1) is 13.1. The zero-order valence-electron chi connectivity index (χ0n) is 10.6. The maximum Gasteiger partial charge on any atom is 0 e. The van der Waals surface area contributed by atoms with E-state index in [1.54, 1.807) is 0 Å². The summed E-state index contributed by atoms with van der Waals surface area (Å²) in [6.07, 6.45) is 22.5. The van der Waals surface area contributed by atoms with Crippen molar-refractivity contribution in [3.8, 4) is 0 Å². The molecule has 96 valence electrons. The van der Waals surface area contributed by atoms with E-state index in [1.165, 1.54) is 96.3 Å². The highest BCUT2D eigenvalue weighted by atomic mass is 14.0. The molecule has 0 nitrogen and oxygen atoms in total. The van der Waals surface area contributed by atoms with Crippen LogP contribution in [0.5, 0.6) is 0 Å². The summed E-state index contributed by atoms with van der Waals surface area (Å²) < 4.78 is 0. The fraction of sp³-hybridized carbons (Fsp3) is 1.00. The minimum Gasteiger partial charge on any atom is -0.0533 e. The quantitative estimate of drug-likeness (QED) is 0.428. The van der Waals surface area contributed by atoms with Crippen molar-refractivity contribution in [2.75, 3.05) is 0 Å². The summed E-state index contributed by atoms with van der Waals surface area (Å²) in [6, 6.07) is 0. The second-order valence-electron chi connectivity index (χ2n) is 5.30. The third kappa shape index (κ3) is 8.96. The van der Waals surface area contributed by atoms with Gasteiger partial charge in [0.2, 0.25) is 0 Å². The molecule has 0 saturated heterocycles. The Kier molecular flexibility index (Phi) is 9.16. The zero-order valence-corrected chi connectivity index (χ0v) is 10.6. The first-order valence-electron chi connectivity index (χ1n) is 7.50. The van der Waals surface area contributed by atoms with Gasteiger partial charge in [0.25, 0.3) is 0 Å². The molecular formula is C15H36. The number of hydrogen-bond donors (Lipinski definition) is 0. The van der Waals surface area contributed by atoms with Crippen LogP contribution in [0.3, 0.4) is 0 Å². The summed E-state index contributed by atoms with van der Waals surface area (Å²) in [5.74, 6) is 0. The van der Waals surface area contributed by atoms with Crippen LogP contribution >= 0.6 is 0 Å². The standard InChI is InChI=1S/3C5H10.3H2/c3*1-2-4-5-3-1;;;/h3*1-5H2;3*1H. The molecule has 0 aromatic rings. The van der Waals surface area contributed by atoms with Gasteiger partial charge in [-0.15, -0.1) is 0 Å². The summed E-state index contributed by atoms with van der Waals surface area (Å²) in [6.45, 7) is 0. The molecule has 0 amide bonds. The minimum atomic E-state index is 0. The molecule has 0 heterocycles. The van der Waals surface area contributed by atoms with Gasteiger partial charge in [-0.25, -0.2) is 0 Å². The highest BCUT2D eigenvalue weighted by molar-refractivity contribution is 4.51. The Morgan fingerprint density at radius 2 is 0.267 bits per heavy atom. The predicted octanol–water partition coefficient (Wildman–Crippen LogP) is 6.59. The summed E-state index contributed by atoms with van der Waals surface area (Å²) in [5.41, 5.74) is 0. The van der Waals surface area contributed by atoms with Crippen LogP contribution in [0.25, 0.3) is 0 Å². The first-order chi connectivity index (χ1) is 7.50. The fourth-order valence-corrected chi connectivity index (χ4v) is 2.65. The van der Waals surface area contributed by atoms with Crippen LogP contribution in [0.2, 0.25) is 0 Å². The Balaban J connectivity index is -0.000000173. The topological polar surface area (TPSA) is 0 Å². The lowest BCUT2D eigenvalue weighted by Gasteiger charge is -1.67. The van der Waals surface area contributed by atoms with Crippen molar-refractivity contribution in [2.45, 2.75) is 96.3 Å². The minimum absolute atomic E-state index is 0. The van der Waals surface area contributed by atoms with Crippen molar-refractivity contribution in [3.05, 3.63) is 0 Å². The van der Waals surface area contributed by atoms with Gasteiger partial charge in [-0.05, 0) is 0 Å². The van der Waals surface area contributed by atoms with Crippen LogP contribution in [0, 0.1) is 0 Å². The Hall–Kier alpha value is 0. The molecule has 3 fully saturated rings. The monoisotopic (exact) mass is 216 g/mol. The lowest BCUT2D eigenvalue weighted by atomic mass is 10.4. The van der Waals surface area contributed by atoms with E-state index in [4.69, 9.17) is 0 Å². The maximum absolute atomic E-state index is 1.50. The molecule has 3 rings (SSSR count). The van der Waals surface area contributed by atoms with Crippen molar-refractivity contribution in [3.63, 3.8) is 0 Å². The average Bonchev–Trinajstić information content (AvgIpc) is 3.09. The molecule has 0 spiro atoms. The molecule has 3 saturated carbocycles. The van der Waals surface area contributed by atoms with E-state index >= 15 is 0 Å². The second-order valence-corrected chi connectivity index (χ2v) is 5.30. The zero-order chi connectivity index (χ0) is 10.6. The van der Waals surface area contributed by atoms with Gasteiger partial charge < -0.3 is 0 Å². The normalized spacial score (nSPS) is 24.0. The van der Waals surface area contributed by atoms with Gasteiger partial charge in [-0.2, -0.15) is 0 Å². The van der Waals surface area contributed by atoms with Crippen molar-refractivity contribution in [1.29, 1.82) is 0 Å². The van der Waals surface area contributed by atoms with Crippen molar-refractivity contribution >= 4 is 0 Å². The van der Waals surface area contributed by atoms with Gasteiger partial charge in [-0.3, -0.25) is 0 Å². The smallest absolute Gasteiger partial charge is 0 e. The molecule has 0 bridgehead atoms. The molecule has 15 heavy (non-hydrogen) atoms. The lowest BCUT2D eigenvalue weighted by Crippen LogP contribution is -1.47. The van der Waals surface area contributed by atoms with E-state index < -0.39 is 0 Å². The van der Waals surface area contributed by atoms with Gasteiger partial charge in [0.05, 0.1) is 0 Å². The third-order valence-corrected chi connectivity index (χ3v) is 3.75. The third-order valence-electron chi connectivity index (χ3n) is 3.75. The van der Waals surface area contributed by atoms with Crippen LogP contribution in [0.4, 0.5) is 0 Å². The molecule has 3 aliphatic rings. The first-order valence-corrected chi connectivity index (χ1v) is 7.50. The van der Waals surface area contributed by atoms with E-state index in [1.807, 2.05) is 0 Å². The summed E-state index contributed by atoms with van der Waals surface area (Å²) in [4.78, 5) is 0. The van der Waals surface area contributed by atoms with Crippen LogP contribution in [-0.2, 0) is 0 Å². The van der Waals surface area contributed by atoms with E-state index in [0.717, 1.165) is 0 Å². The van der Waals surface area contributed by atoms with Gasteiger partial charge >= 0.3 is 0 Å². The molecule has 0 atom stereocenters. The van der Waals surface area contributed by atoms with E-state index in [2.05, 4.69) is 0 Å². The van der Waals surface area contributed by atoms with Gasteiger partial charge in [0, 0.05) is 4.28 Å². The van der Waals surface area contributed by atoms with Crippen molar-refractivity contribution < 1.29 is 4.28 Å². The molecular weight excluding hydrogens is 180 g/mol. The van der Waals surface area contributed by atoms with Crippen LogP contribution in [-0.4, -0.2) is 0 Å². The average molecular weight is 216 g/mol. The number of rotatable bonds is 0. The van der Waals surface area contributed by atoms with Crippen molar-refractivity contribution in [2.24, 2.45) is 0 Å². The predicted molar refractivity (Wildman–Crippen MR) is 75.6 cm³/mol. The lowest BCUT2D eigenvalue weighted by molar-refractivity contribution is 0.886. The van der Waals surface area contributed by atoms with E-state index in [0.29, 0.717) is 0 Å². The molecule has 0 N–H and O–H groups in total. The SMILES string of the molecule is C1CCCC1.C1CCCC1.C1CCCC1.[HH].[HH].[HH]. The largest absolute Gasteiger partial charge is 0.0533 e. The summed E-state index contributed by atoms with van der Waals surface area (Å²) >= 11 is 0. The van der Waals surface area contributed by atoms with Gasteiger partial charge in [-0.1, -0.05) is 96.3 Å². The highest BCUT2D eigenvalue weighted by Gasteiger charge is 1.96. The number of hydrogen-bond acceptors (Lipinski definition) is 0. The molecule has 0 aromatic carbocycles. The Morgan fingerprint density at radius 1 is 0.200 bits per heavy atom. The van der Waals surface area contributed by atoms with Crippen molar-refractivity contribution in [1.82, 2.24) is 0 Å². The van der Waals surface area contributed by atoms with Crippen LogP contribution in [0.15, 0.2) is 0 Å². The Morgan fingerprint density at radius 3 is 0.333 bits per heavy atom. The highest BCUT2D eigenvalue weighted by Crippen LogP contribution is 2.16. The second kappa shape index (κ2) is 10.5. The van der Waals surface area contributed by atoms with E-state index in [9.17, 15) is 0 Å². The molecule has 3 aliphatic carbocycles. The molecule has 0 radical (unpaired) electrons. The maximum atomic E-state index is 1.50. The summed E-state index contributed by atoms with van der Waals surface area (Å²) in [5, 5.41) is 0. The van der Waals surface area contributed by atoms with E-state index in [-0.39, 0.29) is 4.28 Å². The Labute approximate surface area is 101 Å². The molecule has 0 aromatic heterocycles. The summed E-state index contributed by atoms with van der Waals surface area (Å²) in [7, 11) is 0. The van der Waals surface area contributed by atoms with Gasteiger partial charge in [0.15, 0.2) is 0 Å². The van der Waals surface area contributed by atoms with Crippen LogP contribution in [0.1, 0.15) is 101 Å². The molecule has 0 unspecified atom stereocenters. The molecule has 0 heteroatoms. The Bertz CT molecular complexity index is 70.3. The fourth-order valence-electron chi connectivity index (χ4n) is 2.65. The molecule has 0 aliphatic heterocycles.